The summed E-state index contributed by atoms with van der Waals surface area (Å²) in [6.07, 6.45) is -0.295. The summed E-state index contributed by atoms with van der Waals surface area (Å²) in [5.74, 6) is -1.40. The number of benzene rings is 1. The summed E-state index contributed by atoms with van der Waals surface area (Å²) in [4.78, 5) is 21.4. The number of hydrogen-bond donors (Lipinski definition) is 4. The van der Waals surface area contributed by atoms with Gasteiger partial charge in [0.1, 0.15) is 5.75 Å². The van der Waals surface area contributed by atoms with Gasteiger partial charge in [0.25, 0.3) is 0 Å². The lowest BCUT2D eigenvalue weighted by Gasteiger charge is -2.13. The highest BCUT2D eigenvalue weighted by Gasteiger charge is 2.15. The summed E-state index contributed by atoms with van der Waals surface area (Å²) in [6.45, 7) is 1.35. The Bertz CT molecular complexity index is 445. The van der Waals surface area contributed by atoms with E-state index >= 15 is 0 Å². The molecule has 1 rings (SSSR count). The quantitative estimate of drug-likeness (QED) is 0.580. The topological polar surface area (TPSA) is 113 Å². The van der Waals surface area contributed by atoms with Crippen LogP contribution in [0, 0.1) is 0 Å². The molecule has 0 spiro atoms. The number of carbonyl (C=O) groups excluding carboxylic acids is 1. The fourth-order valence-corrected chi connectivity index (χ4v) is 1.43. The molecule has 92 valence electrons. The molecule has 1 aromatic rings. The maximum atomic E-state index is 10.9. The first kappa shape index (κ1) is 13.0. The highest BCUT2D eigenvalue weighted by Crippen LogP contribution is 2.27. The van der Waals surface area contributed by atoms with Gasteiger partial charge >= 0.3 is 5.97 Å². The average Bonchev–Trinajstić information content (AvgIpc) is 2.19. The maximum Gasteiger partial charge on any atom is 0.305 e. The number of carboxylic acids is 1. The van der Waals surface area contributed by atoms with Crippen molar-refractivity contribution < 1.29 is 19.8 Å². The number of anilines is 1. The van der Waals surface area contributed by atoms with Crippen molar-refractivity contribution in [1.29, 1.82) is 0 Å². The van der Waals surface area contributed by atoms with Crippen molar-refractivity contribution >= 4 is 17.6 Å². The van der Waals surface area contributed by atoms with Crippen LogP contribution >= 0.6 is 0 Å². The molecule has 0 saturated carbocycles. The van der Waals surface area contributed by atoms with E-state index in [0.29, 0.717) is 11.3 Å². The van der Waals surface area contributed by atoms with E-state index in [1.807, 2.05) is 0 Å². The molecule has 0 fully saturated rings. The van der Waals surface area contributed by atoms with Crippen molar-refractivity contribution in [1.82, 2.24) is 0 Å². The van der Waals surface area contributed by atoms with E-state index in [0.717, 1.165) is 0 Å². The second-order valence-electron chi connectivity index (χ2n) is 3.66. The smallest absolute Gasteiger partial charge is 0.305 e. The summed E-state index contributed by atoms with van der Waals surface area (Å²) in [5, 5.41) is 20.7. The lowest BCUT2D eigenvalue weighted by Crippen LogP contribution is -2.15. The molecule has 1 atom stereocenters. The third-order valence-corrected chi connectivity index (χ3v) is 2.14. The number of phenols is 1. The Morgan fingerprint density at radius 3 is 2.65 bits per heavy atom. The van der Waals surface area contributed by atoms with Crippen LogP contribution in [0.15, 0.2) is 18.2 Å². The number of aromatic hydroxyl groups is 1. The van der Waals surface area contributed by atoms with Gasteiger partial charge in [0.2, 0.25) is 5.91 Å². The molecule has 0 saturated heterocycles. The predicted octanol–water partition coefficient (Wildman–Crippen LogP) is 0.825. The minimum Gasteiger partial charge on any atom is -0.508 e. The highest BCUT2D eigenvalue weighted by atomic mass is 16.4. The van der Waals surface area contributed by atoms with Crippen molar-refractivity contribution in [2.75, 3.05) is 5.32 Å². The third-order valence-electron chi connectivity index (χ3n) is 2.14. The first-order chi connectivity index (χ1) is 7.90. The third kappa shape index (κ3) is 3.76. The molecule has 0 radical (unpaired) electrons. The second-order valence-corrected chi connectivity index (χ2v) is 3.66. The van der Waals surface area contributed by atoms with E-state index in [4.69, 9.17) is 10.8 Å². The standard InChI is InChI=1S/C11H14N2O4/c1-6(14)13-7-2-3-10(15)8(4-7)9(12)5-11(16)17/h2-4,9,15H,5,12H2,1H3,(H,13,14)(H,16,17). The molecule has 0 aliphatic rings. The minimum absolute atomic E-state index is 0.0900. The second kappa shape index (κ2) is 5.31. The van der Waals surface area contributed by atoms with Gasteiger partial charge in [0, 0.05) is 24.2 Å². The Balaban J connectivity index is 2.97. The molecule has 0 bridgehead atoms. The molecule has 6 nitrogen and oxygen atoms in total. The molecule has 17 heavy (non-hydrogen) atoms. The molecule has 6 heteroatoms. The van der Waals surface area contributed by atoms with Gasteiger partial charge < -0.3 is 21.3 Å². The van der Waals surface area contributed by atoms with Crippen LogP contribution in [0.5, 0.6) is 5.75 Å². The molecule has 1 unspecified atom stereocenters. The van der Waals surface area contributed by atoms with Gasteiger partial charge in [-0.1, -0.05) is 0 Å². The Morgan fingerprint density at radius 1 is 1.47 bits per heavy atom. The Hall–Kier alpha value is -2.08. The number of hydrogen-bond acceptors (Lipinski definition) is 4. The number of rotatable bonds is 4. The number of nitrogens with two attached hydrogens (primary N) is 1. The van der Waals surface area contributed by atoms with E-state index in [9.17, 15) is 14.7 Å². The largest absolute Gasteiger partial charge is 0.508 e. The van der Waals surface area contributed by atoms with Gasteiger partial charge in [0.05, 0.1) is 6.42 Å². The SMILES string of the molecule is CC(=O)Nc1ccc(O)c(C(N)CC(=O)O)c1. The molecule has 1 amide bonds. The number of phenolic OH excluding ortho intramolecular Hbond substituents is 1. The van der Waals surface area contributed by atoms with Crippen LogP contribution in [0.4, 0.5) is 5.69 Å². The monoisotopic (exact) mass is 238 g/mol. The van der Waals surface area contributed by atoms with Crippen molar-refractivity contribution in [3.05, 3.63) is 23.8 Å². The molecular formula is C11H14N2O4. The number of nitrogens with one attached hydrogen (secondary N) is 1. The zero-order valence-electron chi connectivity index (χ0n) is 9.30. The Kier molecular flexibility index (Phi) is 4.06. The average molecular weight is 238 g/mol. The number of carbonyl (C=O) groups is 2. The van der Waals surface area contributed by atoms with Gasteiger partial charge in [-0.25, -0.2) is 0 Å². The van der Waals surface area contributed by atoms with E-state index in [1.165, 1.54) is 25.1 Å². The predicted molar refractivity (Wildman–Crippen MR) is 61.6 cm³/mol. The van der Waals surface area contributed by atoms with Crippen molar-refractivity contribution in [2.24, 2.45) is 5.73 Å². The number of amides is 1. The highest BCUT2D eigenvalue weighted by molar-refractivity contribution is 5.88. The first-order valence-corrected chi connectivity index (χ1v) is 4.98. The van der Waals surface area contributed by atoms with Gasteiger partial charge in [-0.3, -0.25) is 9.59 Å². The first-order valence-electron chi connectivity index (χ1n) is 4.98. The molecule has 0 aliphatic carbocycles. The van der Waals surface area contributed by atoms with Crippen LogP contribution in [-0.2, 0) is 9.59 Å². The Morgan fingerprint density at radius 2 is 2.12 bits per heavy atom. The van der Waals surface area contributed by atoms with Crippen LogP contribution in [0.1, 0.15) is 24.9 Å². The maximum absolute atomic E-state index is 10.9. The van der Waals surface area contributed by atoms with Gasteiger partial charge in [-0.15, -0.1) is 0 Å². The summed E-state index contributed by atoms with van der Waals surface area (Å²) in [6, 6.07) is 3.52. The molecule has 0 aliphatic heterocycles. The summed E-state index contributed by atoms with van der Waals surface area (Å²) in [5.41, 5.74) is 6.40. The summed E-state index contributed by atoms with van der Waals surface area (Å²) >= 11 is 0. The fourth-order valence-electron chi connectivity index (χ4n) is 1.43. The lowest BCUT2D eigenvalue weighted by atomic mass is 10.0. The van der Waals surface area contributed by atoms with Gasteiger partial charge in [0.15, 0.2) is 0 Å². The Labute approximate surface area is 98.1 Å². The van der Waals surface area contributed by atoms with Gasteiger partial charge in [-0.05, 0) is 18.2 Å². The zero-order valence-corrected chi connectivity index (χ0v) is 9.30. The van der Waals surface area contributed by atoms with Crippen molar-refractivity contribution in [3.63, 3.8) is 0 Å². The van der Waals surface area contributed by atoms with E-state index < -0.39 is 12.0 Å². The van der Waals surface area contributed by atoms with Gasteiger partial charge in [-0.2, -0.15) is 0 Å². The molecule has 0 heterocycles. The van der Waals surface area contributed by atoms with Crippen molar-refractivity contribution in [3.8, 4) is 5.75 Å². The number of carboxylic acid groups (broad SMARTS) is 1. The van der Waals surface area contributed by atoms with Crippen molar-refractivity contribution in [2.45, 2.75) is 19.4 Å². The number of aliphatic carboxylic acids is 1. The minimum atomic E-state index is -1.05. The van der Waals surface area contributed by atoms with Crippen LogP contribution in [0.25, 0.3) is 0 Å². The molecule has 1 aromatic carbocycles. The fraction of sp³-hybridized carbons (Fsp3) is 0.273. The molecule has 0 aromatic heterocycles. The summed E-state index contributed by atoms with van der Waals surface area (Å²) in [7, 11) is 0. The lowest BCUT2D eigenvalue weighted by molar-refractivity contribution is -0.137. The van der Waals surface area contributed by atoms with Crippen LogP contribution < -0.4 is 11.1 Å². The van der Waals surface area contributed by atoms with E-state index in [2.05, 4.69) is 5.32 Å². The van der Waals surface area contributed by atoms with Crippen LogP contribution in [-0.4, -0.2) is 22.1 Å². The van der Waals surface area contributed by atoms with Crippen LogP contribution in [0.3, 0.4) is 0 Å². The zero-order chi connectivity index (χ0) is 13.0. The molecular weight excluding hydrogens is 224 g/mol. The van der Waals surface area contributed by atoms with Crippen LogP contribution in [0.2, 0.25) is 0 Å². The molecule has 5 N–H and O–H groups in total. The summed E-state index contributed by atoms with van der Waals surface area (Å²) < 4.78 is 0. The van der Waals surface area contributed by atoms with E-state index in [-0.39, 0.29) is 18.1 Å². The normalized spacial score (nSPS) is 11.9. The van der Waals surface area contributed by atoms with E-state index in [1.54, 1.807) is 0 Å².